The number of hydrogen-bond donors (Lipinski definition) is 4. The van der Waals surface area contributed by atoms with Crippen LogP contribution in [0.1, 0.15) is 20.3 Å². The lowest BCUT2D eigenvalue weighted by atomic mass is 10.0. The Labute approximate surface area is 78.1 Å². The molecule has 6 heteroatoms. The summed E-state index contributed by atoms with van der Waals surface area (Å²) in [6, 6.07) is -0.562. The molecule has 0 fully saturated rings. The van der Waals surface area contributed by atoms with Crippen molar-refractivity contribution in [1.82, 2.24) is 0 Å². The van der Waals surface area contributed by atoms with Crippen LogP contribution in [0, 0.1) is 5.92 Å². The standard InChI is InChI=1S/C7H18NO4P/c1-5(2)3-6(8)7(9)4-13(10,11)12/h5-7,9H,3-4,8H2,1-2H3,(H2,10,11,12). The maximum atomic E-state index is 10.5. The Kier molecular flexibility index (Phi) is 5.10. The van der Waals surface area contributed by atoms with Gasteiger partial charge in [-0.15, -0.1) is 0 Å². The van der Waals surface area contributed by atoms with Gasteiger partial charge in [-0.3, -0.25) is 4.57 Å². The van der Waals surface area contributed by atoms with Crippen molar-refractivity contribution in [2.45, 2.75) is 32.4 Å². The van der Waals surface area contributed by atoms with Gasteiger partial charge in [-0.1, -0.05) is 13.8 Å². The second-order valence-electron chi connectivity index (χ2n) is 3.71. The van der Waals surface area contributed by atoms with Crippen LogP contribution >= 0.6 is 7.60 Å². The zero-order chi connectivity index (χ0) is 10.6. The van der Waals surface area contributed by atoms with E-state index >= 15 is 0 Å². The van der Waals surface area contributed by atoms with Crippen molar-refractivity contribution in [3.8, 4) is 0 Å². The maximum Gasteiger partial charge on any atom is 0.328 e. The van der Waals surface area contributed by atoms with Gasteiger partial charge in [-0.2, -0.15) is 0 Å². The minimum atomic E-state index is -4.15. The summed E-state index contributed by atoms with van der Waals surface area (Å²) in [5, 5.41) is 9.28. The van der Waals surface area contributed by atoms with Gasteiger partial charge in [0.1, 0.15) is 0 Å². The first kappa shape index (κ1) is 13.1. The molecule has 5 nitrogen and oxygen atoms in total. The van der Waals surface area contributed by atoms with E-state index in [-0.39, 0.29) is 0 Å². The molecule has 13 heavy (non-hydrogen) atoms. The van der Waals surface area contributed by atoms with Crippen LogP contribution in [0.2, 0.25) is 0 Å². The Hall–Kier alpha value is 0.0700. The average molecular weight is 211 g/mol. The van der Waals surface area contributed by atoms with Crippen LogP contribution < -0.4 is 5.73 Å². The highest BCUT2D eigenvalue weighted by atomic mass is 31.2. The third kappa shape index (κ3) is 7.16. The van der Waals surface area contributed by atoms with E-state index in [9.17, 15) is 9.67 Å². The monoisotopic (exact) mass is 211 g/mol. The van der Waals surface area contributed by atoms with Crippen LogP contribution in [0.3, 0.4) is 0 Å². The van der Waals surface area contributed by atoms with Crippen LogP contribution in [0.4, 0.5) is 0 Å². The van der Waals surface area contributed by atoms with E-state index in [0.717, 1.165) is 0 Å². The molecule has 0 aliphatic carbocycles. The average Bonchev–Trinajstić information content (AvgIpc) is 1.81. The summed E-state index contributed by atoms with van der Waals surface area (Å²) in [6.45, 7) is 3.87. The minimum absolute atomic E-state index is 0.307. The van der Waals surface area contributed by atoms with Gasteiger partial charge in [-0.05, 0) is 12.3 Å². The molecular weight excluding hydrogens is 193 g/mol. The zero-order valence-electron chi connectivity index (χ0n) is 7.92. The maximum absolute atomic E-state index is 10.5. The lowest BCUT2D eigenvalue weighted by molar-refractivity contribution is 0.148. The van der Waals surface area contributed by atoms with Gasteiger partial charge in [0, 0.05) is 6.04 Å². The summed E-state index contributed by atoms with van der Waals surface area (Å²) >= 11 is 0. The molecule has 5 N–H and O–H groups in total. The van der Waals surface area contributed by atoms with Gasteiger partial charge in [-0.25, -0.2) is 0 Å². The fourth-order valence-electron chi connectivity index (χ4n) is 1.08. The largest absolute Gasteiger partial charge is 0.391 e. The first-order valence-corrected chi connectivity index (χ1v) is 6.00. The molecule has 0 aromatic rings. The number of aliphatic hydroxyl groups excluding tert-OH is 1. The summed E-state index contributed by atoms with van der Waals surface area (Å²) in [7, 11) is -4.15. The molecule has 2 unspecified atom stereocenters. The number of aliphatic hydroxyl groups is 1. The SMILES string of the molecule is CC(C)CC(N)C(O)CP(=O)(O)O. The van der Waals surface area contributed by atoms with Gasteiger partial charge in [0.25, 0.3) is 0 Å². The van der Waals surface area contributed by atoms with E-state index in [1.54, 1.807) is 0 Å². The zero-order valence-corrected chi connectivity index (χ0v) is 8.82. The van der Waals surface area contributed by atoms with E-state index in [4.69, 9.17) is 15.5 Å². The van der Waals surface area contributed by atoms with Crippen LogP contribution in [0.25, 0.3) is 0 Å². The Morgan fingerprint density at radius 1 is 1.38 bits per heavy atom. The van der Waals surface area contributed by atoms with Crippen molar-refractivity contribution in [2.24, 2.45) is 11.7 Å². The van der Waals surface area contributed by atoms with Gasteiger partial charge in [0.15, 0.2) is 0 Å². The highest BCUT2D eigenvalue weighted by Crippen LogP contribution is 2.35. The molecule has 0 radical (unpaired) electrons. The molecule has 0 amide bonds. The molecule has 80 valence electrons. The smallest absolute Gasteiger partial charge is 0.328 e. The summed E-state index contributed by atoms with van der Waals surface area (Å²) in [4.78, 5) is 17.1. The highest BCUT2D eigenvalue weighted by molar-refractivity contribution is 7.51. The molecule has 0 bridgehead atoms. The summed E-state index contributed by atoms with van der Waals surface area (Å²) in [5.74, 6) is 0.307. The molecule has 0 heterocycles. The Morgan fingerprint density at radius 3 is 2.15 bits per heavy atom. The predicted octanol–water partition coefficient (Wildman–Crippen LogP) is -0.102. The molecule has 0 aliphatic rings. The Bertz CT molecular complexity index is 191. The Morgan fingerprint density at radius 2 is 1.85 bits per heavy atom. The number of nitrogens with two attached hydrogens (primary N) is 1. The minimum Gasteiger partial charge on any atom is -0.391 e. The predicted molar refractivity (Wildman–Crippen MR) is 50.3 cm³/mol. The number of rotatable bonds is 5. The third-order valence-corrected chi connectivity index (χ3v) is 2.51. The first-order chi connectivity index (χ1) is 5.72. The van der Waals surface area contributed by atoms with E-state index in [2.05, 4.69) is 0 Å². The van der Waals surface area contributed by atoms with Crippen LogP contribution in [-0.4, -0.2) is 33.2 Å². The fraction of sp³-hybridized carbons (Fsp3) is 1.00. The van der Waals surface area contributed by atoms with Gasteiger partial charge >= 0.3 is 7.60 Å². The topological polar surface area (TPSA) is 104 Å². The molecule has 0 saturated carbocycles. The quantitative estimate of drug-likeness (QED) is 0.475. The van der Waals surface area contributed by atoms with Crippen molar-refractivity contribution in [1.29, 1.82) is 0 Å². The van der Waals surface area contributed by atoms with E-state index in [0.29, 0.717) is 12.3 Å². The second-order valence-corrected chi connectivity index (χ2v) is 5.40. The van der Waals surface area contributed by atoms with E-state index in [1.165, 1.54) is 0 Å². The highest BCUT2D eigenvalue weighted by Gasteiger charge is 2.24. The fourth-order valence-corrected chi connectivity index (χ4v) is 1.84. The molecule has 0 aromatic heterocycles. The van der Waals surface area contributed by atoms with Crippen molar-refractivity contribution < 1.29 is 19.5 Å². The first-order valence-electron chi connectivity index (χ1n) is 4.20. The molecular formula is C7H18NO4P. The van der Waals surface area contributed by atoms with Crippen molar-refractivity contribution in [3.63, 3.8) is 0 Å². The number of hydrogen-bond acceptors (Lipinski definition) is 3. The van der Waals surface area contributed by atoms with Crippen LogP contribution in [0.5, 0.6) is 0 Å². The summed E-state index contributed by atoms with van der Waals surface area (Å²) in [6.07, 6.45) is -1.12. The van der Waals surface area contributed by atoms with Crippen LogP contribution in [-0.2, 0) is 4.57 Å². The van der Waals surface area contributed by atoms with Gasteiger partial charge < -0.3 is 20.6 Å². The summed E-state index contributed by atoms with van der Waals surface area (Å²) in [5.41, 5.74) is 5.53. The van der Waals surface area contributed by atoms with Crippen LogP contribution in [0.15, 0.2) is 0 Å². The van der Waals surface area contributed by atoms with Crippen molar-refractivity contribution in [3.05, 3.63) is 0 Å². The molecule has 0 saturated heterocycles. The van der Waals surface area contributed by atoms with E-state index in [1.807, 2.05) is 13.8 Å². The van der Waals surface area contributed by atoms with Gasteiger partial charge in [0.2, 0.25) is 0 Å². The molecule has 0 rings (SSSR count). The van der Waals surface area contributed by atoms with Gasteiger partial charge in [0.05, 0.1) is 12.3 Å². The molecule has 2 atom stereocenters. The van der Waals surface area contributed by atoms with E-state index < -0.39 is 25.9 Å². The van der Waals surface area contributed by atoms with Crippen molar-refractivity contribution >= 4 is 7.60 Å². The lowest BCUT2D eigenvalue weighted by Gasteiger charge is -2.20. The second kappa shape index (κ2) is 5.08. The van der Waals surface area contributed by atoms with Crippen molar-refractivity contribution in [2.75, 3.05) is 6.16 Å². The molecule has 0 spiro atoms. The Balaban J connectivity index is 3.96. The third-order valence-electron chi connectivity index (χ3n) is 1.66. The molecule has 0 aromatic carbocycles. The molecule has 0 aliphatic heterocycles. The lowest BCUT2D eigenvalue weighted by Crippen LogP contribution is -2.38. The normalized spacial score (nSPS) is 17.5. The summed E-state index contributed by atoms with van der Waals surface area (Å²) < 4.78 is 10.5.